The molecule has 2 nitrogen and oxygen atoms in total. The van der Waals surface area contributed by atoms with Gasteiger partial charge in [0.15, 0.2) is 0 Å². The molecule has 0 fully saturated rings. The van der Waals surface area contributed by atoms with E-state index in [-0.39, 0.29) is 0 Å². The SMILES string of the molecule is Cc1ccccc1CNCCN1Cc2ccccc2CC1Cc1ccccc1. The fourth-order valence-electron chi connectivity index (χ4n) is 4.24. The molecule has 2 heteroatoms. The minimum atomic E-state index is 0.567. The van der Waals surface area contributed by atoms with Crippen LogP contribution in [0.25, 0.3) is 0 Å². The standard InChI is InChI=1S/C26H30N2/c1-21-9-5-6-13-24(21)19-27-15-16-28-20-25-14-8-7-12-23(25)18-26(28)17-22-10-3-2-4-11-22/h2-14,26-27H,15-20H2,1H3. The van der Waals surface area contributed by atoms with Gasteiger partial charge in [0.1, 0.15) is 0 Å². The summed E-state index contributed by atoms with van der Waals surface area (Å²) in [5.41, 5.74) is 7.21. The van der Waals surface area contributed by atoms with Gasteiger partial charge in [-0.2, -0.15) is 0 Å². The highest BCUT2D eigenvalue weighted by molar-refractivity contribution is 5.31. The van der Waals surface area contributed by atoms with E-state index in [0.29, 0.717) is 6.04 Å². The molecule has 28 heavy (non-hydrogen) atoms. The number of hydrogen-bond donors (Lipinski definition) is 1. The summed E-state index contributed by atoms with van der Waals surface area (Å²) in [6, 6.07) is 29.1. The Morgan fingerprint density at radius 1 is 0.857 bits per heavy atom. The lowest BCUT2D eigenvalue weighted by Gasteiger charge is -2.37. The molecule has 1 aliphatic heterocycles. The van der Waals surface area contributed by atoms with Gasteiger partial charge in [0, 0.05) is 32.2 Å². The van der Waals surface area contributed by atoms with E-state index in [9.17, 15) is 0 Å². The molecular formula is C26H30N2. The lowest BCUT2D eigenvalue weighted by molar-refractivity contribution is 0.170. The van der Waals surface area contributed by atoms with E-state index in [1.54, 1.807) is 0 Å². The molecule has 0 spiro atoms. The smallest absolute Gasteiger partial charge is 0.0240 e. The Kier molecular flexibility index (Phi) is 6.20. The fraction of sp³-hybridized carbons (Fsp3) is 0.308. The van der Waals surface area contributed by atoms with Crippen molar-refractivity contribution in [3.05, 3.63) is 107 Å². The average Bonchev–Trinajstić information content (AvgIpc) is 2.73. The zero-order chi connectivity index (χ0) is 19.2. The molecule has 0 radical (unpaired) electrons. The van der Waals surface area contributed by atoms with Crippen molar-refractivity contribution in [2.45, 2.75) is 38.9 Å². The number of aryl methyl sites for hydroxylation is 1. The normalized spacial score (nSPS) is 16.7. The van der Waals surface area contributed by atoms with E-state index in [1.807, 2.05) is 0 Å². The molecule has 0 aliphatic carbocycles. The Morgan fingerprint density at radius 2 is 1.57 bits per heavy atom. The third kappa shape index (κ3) is 4.70. The first-order valence-corrected chi connectivity index (χ1v) is 10.4. The van der Waals surface area contributed by atoms with Crippen LogP contribution in [0.2, 0.25) is 0 Å². The van der Waals surface area contributed by atoms with E-state index >= 15 is 0 Å². The minimum absolute atomic E-state index is 0.567. The van der Waals surface area contributed by atoms with Gasteiger partial charge in [0.05, 0.1) is 0 Å². The monoisotopic (exact) mass is 370 g/mol. The van der Waals surface area contributed by atoms with E-state index in [1.165, 1.54) is 27.8 Å². The van der Waals surface area contributed by atoms with E-state index in [2.05, 4.69) is 96.0 Å². The highest BCUT2D eigenvalue weighted by Gasteiger charge is 2.25. The summed E-state index contributed by atoms with van der Waals surface area (Å²) in [6.07, 6.45) is 2.26. The zero-order valence-electron chi connectivity index (χ0n) is 16.8. The predicted molar refractivity (Wildman–Crippen MR) is 117 cm³/mol. The molecule has 0 saturated heterocycles. The number of nitrogens with zero attached hydrogens (tertiary/aromatic N) is 1. The Bertz CT molecular complexity index is 888. The van der Waals surface area contributed by atoms with Crippen LogP contribution in [0.4, 0.5) is 0 Å². The van der Waals surface area contributed by atoms with Gasteiger partial charge < -0.3 is 5.32 Å². The first-order chi connectivity index (χ1) is 13.8. The van der Waals surface area contributed by atoms with Crippen LogP contribution in [0.15, 0.2) is 78.9 Å². The van der Waals surface area contributed by atoms with Crippen LogP contribution in [0.3, 0.4) is 0 Å². The van der Waals surface area contributed by atoms with Gasteiger partial charge in [0.25, 0.3) is 0 Å². The molecular weight excluding hydrogens is 340 g/mol. The number of nitrogens with one attached hydrogen (secondary N) is 1. The van der Waals surface area contributed by atoms with Gasteiger partial charge in [-0.25, -0.2) is 0 Å². The first-order valence-electron chi connectivity index (χ1n) is 10.4. The number of rotatable bonds is 7. The van der Waals surface area contributed by atoms with Crippen molar-refractivity contribution in [2.24, 2.45) is 0 Å². The maximum absolute atomic E-state index is 3.66. The lowest BCUT2D eigenvalue weighted by atomic mass is 9.90. The lowest BCUT2D eigenvalue weighted by Crippen LogP contribution is -2.44. The van der Waals surface area contributed by atoms with Crippen LogP contribution in [-0.4, -0.2) is 24.0 Å². The molecule has 0 bridgehead atoms. The van der Waals surface area contributed by atoms with Gasteiger partial charge in [-0.3, -0.25) is 4.90 Å². The summed E-state index contributed by atoms with van der Waals surface area (Å²) in [6.45, 7) is 6.29. The van der Waals surface area contributed by atoms with Gasteiger partial charge in [-0.05, 0) is 47.6 Å². The van der Waals surface area contributed by atoms with Gasteiger partial charge in [-0.1, -0.05) is 78.9 Å². The molecule has 1 atom stereocenters. The first kappa shape index (κ1) is 18.9. The number of hydrogen-bond acceptors (Lipinski definition) is 2. The van der Waals surface area contributed by atoms with Crippen molar-refractivity contribution < 1.29 is 0 Å². The van der Waals surface area contributed by atoms with E-state index < -0.39 is 0 Å². The molecule has 0 amide bonds. The molecule has 1 unspecified atom stereocenters. The van der Waals surface area contributed by atoms with Crippen LogP contribution < -0.4 is 5.32 Å². The fourth-order valence-corrected chi connectivity index (χ4v) is 4.24. The second kappa shape index (κ2) is 9.18. The molecule has 0 saturated carbocycles. The molecule has 3 aromatic rings. The maximum atomic E-state index is 3.66. The van der Waals surface area contributed by atoms with Crippen molar-refractivity contribution in [2.75, 3.05) is 13.1 Å². The van der Waals surface area contributed by atoms with Crippen molar-refractivity contribution in [1.29, 1.82) is 0 Å². The highest BCUT2D eigenvalue weighted by atomic mass is 15.2. The molecule has 3 aromatic carbocycles. The third-order valence-electron chi connectivity index (χ3n) is 5.93. The van der Waals surface area contributed by atoms with Crippen LogP contribution >= 0.6 is 0 Å². The number of fused-ring (bicyclic) bond motifs is 1. The molecule has 1 N–H and O–H groups in total. The van der Waals surface area contributed by atoms with Crippen molar-refractivity contribution in [3.8, 4) is 0 Å². The van der Waals surface area contributed by atoms with Crippen molar-refractivity contribution >= 4 is 0 Å². The second-order valence-corrected chi connectivity index (χ2v) is 7.89. The Morgan fingerprint density at radius 3 is 2.39 bits per heavy atom. The van der Waals surface area contributed by atoms with E-state index in [0.717, 1.165) is 39.0 Å². The average molecular weight is 371 g/mol. The highest BCUT2D eigenvalue weighted by Crippen LogP contribution is 2.25. The van der Waals surface area contributed by atoms with Gasteiger partial charge in [0.2, 0.25) is 0 Å². The molecule has 4 rings (SSSR count). The molecule has 1 heterocycles. The van der Waals surface area contributed by atoms with Crippen LogP contribution in [0.5, 0.6) is 0 Å². The molecule has 1 aliphatic rings. The van der Waals surface area contributed by atoms with Gasteiger partial charge >= 0.3 is 0 Å². The quantitative estimate of drug-likeness (QED) is 0.604. The van der Waals surface area contributed by atoms with Gasteiger partial charge in [-0.15, -0.1) is 0 Å². The zero-order valence-corrected chi connectivity index (χ0v) is 16.8. The minimum Gasteiger partial charge on any atom is -0.311 e. The summed E-state index contributed by atoms with van der Waals surface area (Å²) in [4.78, 5) is 2.67. The van der Waals surface area contributed by atoms with Crippen LogP contribution in [0, 0.1) is 6.92 Å². The summed E-state index contributed by atoms with van der Waals surface area (Å²) in [5, 5.41) is 3.66. The molecule has 144 valence electrons. The summed E-state index contributed by atoms with van der Waals surface area (Å²) < 4.78 is 0. The predicted octanol–water partition coefficient (Wildman–Crippen LogP) is 4.75. The largest absolute Gasteiger partial charge is 0.311 e. The summed E-state index contributed by atoms with van der Waals surface area (Å²) >= 11 is 0. The Labute approximate surface area is 169 Å². The van der Waals surface area contributed by atoms with Crippen LogP contribution in [0.1, 0.15) is 27.8 Å². The molecule has 0 aromatic heterocycles. The van der Waals surface area contributed by atoms with Crippen molar-refractivity contribution in [1.82, 2.24) is 10.2 Å². The Hall–Kier alpha value is -2.42. The van der Waals surface area contributed by atoms with Crippen LogP contribution in [-0.2, 0) is 25.9 Å². The topological polar surface area (TPSA) is 15.3 Å². The second-order valence-electron chi connectivity index (χ2n) is 7.89. The maximum Gasteiger partial charge on any atom is 0.0240 e. The third-order valence-corrected chi connectivity index (χ3v) is 5.93. The van der Waals surface area contributed by atoms with Crippen molar-refractivity contribution in [3.63, 3.8) is 0 Å². The van der Waals surface area contributed by atoms with E-state index in [4.69, 9.17) is 0 Å². The number of benzene rings is 3. The summed E-state index contributed by atoms with van der Waals surface area (Å²) in [5.74, 6) is 0. The Balaban J connectivity index is 1.40. The summed E-state index contributed by atoms with van der Waals surface area (Å²) in [7, 11) is 0.